The molecule has 3 unspecified atom stereocenters. The van der Waals surface area contributed by atoms with E-state index in [0.29, 0.717) is 18.8 Å². The molecule has 30 heavy (non-hydrogen) atoms. The number of aliphatic hydroxyl groups is 1. The maximum atomic E-state index is 13.1. The van der Waals surface area contributed by atoms with Gasteiger partial charge < -0.3 is 15.1 Å². The minimum absolute atomic E-state index is 0.0505. The summed E-state index contributed by atoms with van der Waals surface area (Å²) in [5.74, 6) is -1.10. The monoisotopic (exact) mass is 424 g/mol. The number of phenolic OH excluding ortho intramolecular Hbond substituents is 1. The van der Waals surface area contributed by atoms with E-state index in [0.717, 1.165) is 29.1 Å². The second-order valence-corrected chi connectivity index (χ2v) is 9.55. The number of hydrogen-bond acceptors (Lipinski definition) is 4. The number of piperidine rings is 1. The number of carbonyl (C=O) groups excluding carboxylic acids is 1. The van der Waals surface area contributed by atoms with Crippen LogP contribution >= 0.6 is 0 Å². The number of rotatable bonds is 2. The highest BCUT2D eigenvalue weighted by Crippen LogP contribution is 2.56. The van der Waals surface area contributed by atoms with Crippen molar-refractivity contribution in [3.63, 3.8) is 0 Å². The van der Waals surface area contributed by atoms with Crippen molar-refractivity contribution in [2.45, 2.75) is 61.8 Å². The smallest absolute Gasteiger partial charge is 0.471 e. The topological polar surface area (TPSA) is 64.0 Å². The fourth-order valence-electron chi connectivity index (χ4n) is 6.25. The molecule has 1 amide bonds. The molecule has 1 aromatic rings. The van der Waals surface area contributed by atoms with Gasteiger partial charge in [-0.3, -0.25) is 9.69 Å². The van der Waals surface area contributed by atoms with Crippen molar-refractivity contribution >= 4 is 5.91 Å². The van der Waals surface area contributed by atoms with E-state index in [1.165, 1.54) is 12.8 Å². The molecule has 0 radical (unpaired) electrons. The average molecular weight is 424 g/mol. The van der Waals surface area contributed by atoms with E-state index >= 15 is 0 Å². The maximum absolute atomic E-state index is 13.1. The number of carbonyl (C=O) groups is 1. The number of benzene rings is 1. The van der Waals surface area contributed by atoms with Crippen molar-refractivity contribution in [3.05, 3.63) is 29.3 Å². The van der Waals surface area contributed by atoms with Gasteiger partial charge in [-0.2, -0.15) is 13.2 Å². The van der Waals surface area contributed by atoms with Crippen LogP contribution in [0.3, 0.4) is 0 Å². The fourth-order valence-corrected chi connectivity index (χ4v) is 6.25. The summed E-state index contributed by atoms with van der Waals surface area (Å²) in [5, 5.41) is 22.3. The molecule has 5 nitrogen and oxygen atoms in total. The number of fused-ring (bicyclic) bond motifs is 1. The van der Waals surface area contributed by atoms with Crippen LogP contribution < -0.4 is 0 Å². The van der Waals surface area contributed by atoms with Crippen LogP contribution in [0.4, 0.5) is 13.2 Å². The van der Waals surface area contributed by atoms with E-state index in [-0.39, 0.29) is 37.7 Å². The fraction of sp³-hybridized carbons (Fsp3) is 0.682. The molecule has 0 spiro atoms. The Hall–Kier alpha value is -1.80. The maximum Gasteiger partial charge on any atom is 0.471 e. The van der Waals surface area contributed by atoms with E-state index in [2.05, 4.69) is 4.90 Å². The van der Waals surface area contributed by atoms with E-state index in [4.69, 9.17) is 0 Å². The van der Waals surface area contributed by atoms with Gasteiger partial charge in [-0.05, 0) is 74.2 Å². The zero-order valence-electron chi connectivity index (χ0n) is 16.8. The predicted molar refractivity (Wildman–Crippen MR) is 103 cm³/mol. The van der Waals surface area contributed by atoms with E-state index < -0.39 is 23.1 Å². The molecule has 4 aliphatic rings. The molecule has 2 N–H and O–H groups in total. The molecular weight excluding hydrogens is 397 g/mol. The van der Waals surface area contributed by atoms with Gasteiger partial charge in [-0.15, -0.1) is 0 Å². The Morgan fingerprint density at radius 2 is 1.83 bits per heavy atom. The second kappa shape index (κ2) is 6.60. The van der Waals surface area contributed by atoms with Gasteiger partial charge in [0, 0.05) is 31.1 Å². The average Bonchev–Trinajstić information content (AvgIpc) is 3.50. The summed E-state index contributed by atoms with van der Waals surface area (Å²) in [6.07, 6.45) is -0.967. The Morgan fingerprint density at radius 1 is 1.13 bits per heavy atom. The highest BCUT2D eigenvalue weighted by atomic mass is 19.4. The standard InChI is InChI=1S/C22H27F3N2O3/c23-22(24,25)19(29)26-8-5-20-6-9-27(13-14-1-2-14)18(21(20,30)7-10-26)11-15-3-4-16(28)12-17(15)20/h3-4,12,14,18,28,30H,1-2,5-11,13H2. The first-order valence-corrected chi connectivity index (χ1v) is 10.8. The quantitative estimate of drug-likeness (QED) is 0.766. The molecule has 164 valence electrons. The highest BCUT2D eigenvalue weighted by Gasteiger charge is 2.64. The Balaban J connectivity index is 1.57. The lowest BCUT2D eigenvalue weighted by Gasteiger charge is -2.61. The zero-order chi connectivity index (χ0) is 21.3. The van der Waals surface area contributed by atoms with Gasteiger partial charge in [-0.1, -0.05) is 6.07 Å². The lowest BCUT2D eigenvalue weighted by molar-refractivity contribution is -0.185. The van der Waals surface area contributed by atoms with Crippen molar-refractivity contribution in [2.75, 3.05) is 26.2 Å². The number of phenols is 1. The van der Waals surface area contributed by atoms with Crippen LogP contribution in [0.25, 0.3) is 0 Å². The van der Waals surface area contributed by atoms with E-state index in [1.807, 2.05) is 6.07 Å². The number of alkyl halides is 3. The number of amides is 1. The van der Waals surface area contributed by atoms with Crippen molar-refractivity contribution in [3.8, 4) is 5.75 Å². The van der Waals surface area contributed by atoms with Crippen molar-refractivity contribution < 1.29 is 28.2 Å². The molecule has 1 aromatic carbocycles. The SMILES string of the molecule is O=C(N1CCC23CCN(CC4CC4)C(Cc4ccc(O)cc42)C3(O)CC1)C(F)(F)F. The molecule has 2 saturated heterocycles. The first-order chi connectivity index (χ1) is 14.1. The van der Waals surface area contributed by atoms with Crippen LogP contribution in [-0.4, -0.2) is 69.9 Å². The van der Waals surface area contributed by atoms with Crippen molar-refractivity contribution in [1.29, 1.82) is 0 Å². The van der Waals surface area contributed by atoms with Crippen LogP contribution in [0, 0.1) is 5.92 Å². The number of nitrogens with zero attached hydrogens (tertiary/aromatic N) is 2. The third kappa shape index (κ3) is 2.94. The third-order valence-corrected chi connectivity index (χ3v) is 7.96. The molecular formula is C22H27F3N2O3. The Bertz CT molecular complexity index is 872. The largest absolute Gasteiger partial charge is 0.508 e. The third-order valence-electron chi connectivity index (χ3n) is 7.96. The van der Waals surface area contributed by atoms with E-state index in [9.17, 15) is 28.2 Å². The molecule has 5 rings (SSSR count). The van der Waals surface area contributed by atoms with Gasteiger partial charge in [-0.25, -0.2) is 0 Å². The van der Waals surface area contributed by atoms with Crippen molar-refractivity contribution in [2.24, 2.45) is 5.92 Å². The molecule has 8 heteroatoms. The molecule has 2 aliphatic carbocycles. The summed E-state index contributed by atoms with van der Waals surface area (Å²) in [7, 11) is 0. The molecule has 3 fully saturated rings. The van der Waals surface area contributed by atoms with Gasteiger partial charge in [0.15, 0.2) is 0 Å². The van der Waals surface area contributed by atoms with Gasteiger partial charge in [0.25, 0.3) is 0 Å². The summed E-state index contributed by atoms with van der Waals surface area (Å²) in [5.41, 5.74) is -0.112. The molecule has 2 aliphatic heterocycles. The minimum atomic E-state index is -4.92. The zero-order valence-corrected chi connectivity index (χ0v) is 16.8. The van der Waals surface area contributed by atoms with Crippen LogP contribution in [0.2, 0.25) is 0 Å². The Morgan fingerprint density at radius 3 is 2.53 bits per heavy atom. The predicted octanol–water partition coefficient (Wildman–Crippen LogP) is 2.59. The lowest BCUT2D eigenvalue weighted by atomic mass is 9.52. The summed E-state index contributed by atoms with van der Waals surface area (Å²) in [6, 6.07) is 5.00. The minimum Gasteiger partial charge on any atom is -0.508 e. The van der Waals surface area contributed by atoms with Crippen LogP contribution in [0.15, 0.2) is 18.2 Å². The Labute approximate surface area is 173 Å². The van der Waals surface area contributed by atoms with Crippen molar-refractivity contribution in [1.82, 2.24) is 9.80 Å². The summed E-state index contributed by atoms with van der Waals surface area (Å²) >= 11 is 0. The number of hydrogen-bond donors (Lipinski definition) is 2. The van der Waals surface area contributed by atoms with Crippen LogP contribution in [0.5, 0.6) is 5.75 Å². The first-order valence-electron chi connectivity index (χ1n) is 10.8. The summed E-state index contributed by atoms with van der Waals surface area (Å²) in [4.78, 5) is 15.1. The number of likely N-dealkylation sites (tertiary alicyclic amines) is 2. The van der Waals surface area contributed by atoms with Gasteiger partial charge in [0.05, 0.1) is 5.60 Å². The lowest BCUT2D eigenvalue weighted by Crippen LogP contribution is -2.71. The van der Waals surface area contributed by atoms with Gasteiger partial charge in [0.1, 0.15) is 5.75 Å². The molecule has 0 aromatic heterocycles. The highest BCUT2D eigenvalue weighted by molar-refractivity contribution is 5.82. The molecule has 2 bridgehead atoms. The molecule has 3 atom stereocenters. The van der Waals surface area contributed by atoms with Gasteiger partial charge in [0.2, 0.25) is 0 Å². The molecule has 2 heterocycles. The number of aromatic hydroxyl groups is 1. The Kier molecular flexibility index (Phi) is 4.42. The second-order valence-electron chi connectivity index (χ2n) is 9.55. The first kappa shape index (κ1) is 20.1. The van der Waals surface area contributed by atoms with Crippen LogP contribution in [0.1, 0.15) is 43.2 Å². The van der Waals surface area contributed by atoms with Crippen LogP contribution in [-0.2, 0) is 16.6 Å². The molecule has 1 saturated carbocycles. The van der Waals surface area contributed by atoms with E-state index in [1.54, 1.807) is 12.1 Å². The summed E-state index contributed by atoms with van der Waals surface area (Å²) in [6.45, 7) is 1.51. The summed E-state index contributed by atoms with van der Waals surface area (Å²) < 4.78 is 39.3. The number of halogens is 3. The normalized spacial score (nSPS) is 34.1. The van der Waals surface area contributed by atoms with Gasteiger partial charge >= 0.3 is 12.1 Å².